The van der Waals surface area contributed by atoms with Crippen LogP contribution in [0.1, 0.15) is 5.69 Å². The van der Waals surface area contributed by atoms with E-state index in [9.17, 15) is 4.79 Å². The van der Waals surface area contributed by atoms with Gasteiger partial charge < -0.3 is 4.74 Å². The van der Waals surface area contributed by atoms with Gasteiger partial charge in [-0.3, -0.25) is 10.1 Å². The van der Waals surface area contributed by atoms with Gasteiger partial charge in [0.15, 0.2) is 11.7 Å². The highest BCUT2D eigenvalue weighted by Crippen LogP contribution is 2.33. The Kier molecular flexibility index (Phi) is 5.10. The molecule has 2 aromatic rings. The molecule has 0 aliphatic carbocycles. The molecule has 1 heterocycles. The number of aromatic nitrogens is 1. The molecule has 1 N–H and O–H groups in total. The van der Waals surface area contributed by atoms with E-state index >= 15 is 0 Å². The standard InChI is InChI=1S/C12H9Cl3N2O2S/c1-6-5-20-12(16-6)17-11(18)4-19-10-3-8(14)7(13)2-9(10)15/h2-3,5H,4H2,1H3,(H,16,17,18). The van der Waals surface area contributed by atoms with E-state index in [1.807, 2.05) is 12.3 Å². The molecule has 0 aliphatic rings. The SMILES string of the molecule is Cc1csc(NC(=O)COc2cc(Cl)c(Cl)cc2Cl)n1. The molecule has 0 radical (unpaired) electrons. The third-order valence-electron chi connectivity index (χ3n) is 2.20. The number of hydrogen-bond donors (Lipinski definition) is 1. The van der Waals surface area contributed by atoms with E-state index in [-0.39, 0.29) is 17.5 Å². The number of benzene rings is 1. The van der Waals surface area contributed by atoms with Crippen molar-refractivity contribution in [1.82, 2.24) is 4.98 Å². The Balaban J connectivity index is 1.95. The molecular weight excluding hydrogens is 343 g/mol. The van der Waals surface area contributed by atoms with Crippen LogP contribution in [-0.4, -0.2) is 17.5 Å². The predicted octanol–water partition coefficient (Wildman–Crippen LogP) is 4.43. The van der Waals surface area contributed by atoms with Crippen molar-refractivity contribution in [1.29, 1.82) is 0 Å². The molecule has 0 saturated carbocycles. The third kappa shape index (κ3) is 3.99. The van der Waals surface area contributed by atoms with E-state index in [0.717, 1.165) is 5.69 Å². The highest BCUT2D eigenvalue weighted by molar-refractivity contribution is 7.13. The summed E-state index contributed by atoms with van der Waals surface area (Å²) >= 11 is 18.9. The van der Waals surface area contributed by atoms with Gasteiger partial charge in [-0.25, -0.2) is 4.98 Å². The molecule has 0 atom stereocenters. The summed E-state index contributed by atoms with van der Waals surface area (Å²) in [4.78, 5) is 15.8. The fourth-order valence-electron chi connectivity index (χ4n) is 1.32. The average molecular weight is 352 g/mol. The molecule has 8 heteroatoms. The lowest BCUT2D eigenvalue weighted by atomic mass is 10.3. The molecule has 20 heavy (non-hydrogen) atoms. The van der Waals surface area contributed by atoms with Crippen LogP contribution in [0.25, 0.3) is 0 Å². The van der Waals surface area contributed by atoms with Crippen LogP contribution in [-0.2, 0) is 4.79 Å². The van der Waals surface area contributed by atoms with Crippen LogP contribution >= 0.6 is 46.1 Å². The van der Waals surface area contributed by atoms with E-state index < -0.39 is 0 Å². The Hall–Kier alpha value is -1.01. The molecule has 0 saturated heterocycles. The van der Waals surface area contributed by atoms with Crippen LogP contribution in [0.4, 0.5) is 5.13 Å². The zero-order chi connectivity index (χ0) is 14.7. The molecule has 0 unspecified atom stereocenters. The number of nitrogens with one attached hydrogen (secondary N) is 1. The minimum absolute atomic E-state index is 0.198. The first-order valence-electron chi connectivity index (χ1n) is 5.45. The topological polar surface area (TPSA) is 51.2 Å². The van der Waals surface area contributed by atoms with Gasteiger partial charge in [0.25, 0.3) is 5.91 Å². The summed E-state index contributed by atoms with van der Waals surface area (Å²) in [6.07, 6.45) is 0. The minimum atomic E-state index is -0.332. The van der Waals surface area contributed by atoms with E-state index in [1.165, 1.54) is 23.5 Å². The highest BCUT2D eigenvalue weighted by atomic mass is 35.5. The molecular formula is C12H9Cl3N2O2S. The summed E-state index contributed by atoms with van der Waals surface area (Å²) in [6, 6.07) is 2.93. The maximum atomic E-state index is 11.7. The van der Waals surface area contributed by atoms with E-state index in [2.05, 4.69) is 10.3 Å². The second kappa shape index (κ2) is 6.63. The Morgan fingerprint density at radius 2 is 2.00 bits per heavy atom. The van der Waals surface area contributed by atoms with Crippen molar-refractivity contribution in [3.05, 3.63) is 38.3 Å². The number of anilines is 1. The Morgan fingerprint density at radius 3 is 2.65 bits per heavy atom. The number of carbonyl (C=O) groups excluding carboxylic acids is 1. The second-order valence-corrected chi connectivity index (χ2v) is 5.91. The Bertz CT molecular complexity index is 646. The maximum Gasteiger partial charge on any atom is 0.264 e. The number of aryl methyl sites for hydroxylation is 1. The van der Waals surface area contributed by atoms with Crippen molar-refractivity contribution < 1.29 is 9.53 Å². The zero-order valence-electron chi connectivity index (χ0n) is 10.2. The van der Waals surface area contributed by atoms with Crippen molar-refractivity contribution >= 4 is 57.2 Å². The van der Waals surface area contributed by atoms with Gasteiger partial charge in [-0.05, 0) is 13.0 Å². The van der Waals surface area contributed by atoms with Crippen LogP contribution in [0.2, 0.25) is 15.1 Å². The van der Waals surface area contributed by atoms with Gasteiger partial charge in [0, 0.05) is 11.4 Å². The molecule has 1 aromatic carbocycles. The number of thiazole rings is 1. The third-order valence-corrected chi connectivity index (χ3v) is 4.09. The van der Waals surface area contributed by atoms with Gasteiger partial charge in [0.05, 0.1) is 20.8 Å². The number of nitrogens with zero attached hydrogens (tertiary/aromatic N) is 1. The molecule has 4 nitrogen and oxygen atoms in total. The van der Waals surface area contributed by atoms with Crippen LogP contribution in [0.3, 0.4) is 0 Å². The smallest absolute Gasteiger partial charge is 0.264 e. The van der Waals surface area contributed by atoms with E-state index in [4.69, 9.17) is 39.5 Å². The number of rotatable bonds is 4. The lowest BCUT2D eigenvalue weighted by molar-refractivity contribution is -0.118. The molecule has 2 rings (SSSR count). The van der Waals surface area contributed by atoms with Crippen LogP contribution in [0, 0.1) is 6.92 Å². The number of carbonyl (C=O) groups is 1. The molecule has 0 bridgehead atoms. The first kappa shape index (κ1) is 15.4. The molecule has 106 valence electrons. The summed E-state index contributed by atoms with van der Waals surface area (Å²) in [7, 11) is 0. The number of hydrogen-bond acceptors (Lipinski definition) is 4. The first-order chi connectivity index (χ1) is 9.45. The summed E-state index contributed by atoms with van der Waals surface area (Å²) in [5, 5.41) is 5.91. The van der Waals surface area contributed by atoms with Crippen molar-refractivity contribution in [3.8, 4) is 5.75 Å². The van der Waals surface area contributed by atoms with Crippen molar-refractivity contribution in [2.24, 2.45) is 0 Å². The van der Waals surface area contributed by atoms with Gasteiger partial charge >= 0.3 is 0 Å². The quantitative estimate of drug-likeness (QED) is 0.829. The summed E-state index contributed by atoms with van der Waals surface area (Å²) in [5.41, 5.74) is 0.846. The summed E-state index contributed by atoms with van der Waals surface area (Å²) in [6.45, 7) is 1.65. The van der Waals surface area contributed by atoms with E-state index in [0.29, 0.717) is 20.9 Å². The molecule has 0 aliphatic heterocycles. The van der Waals surface area contributed by atoms with Crippen molar-refractivity contribution in [3.63, 3.8) is 0 Å². The first-order valence-corrected chi connectivity index (χ1v) is 7.46. The molecule has 1 amide bonds. The van der Waals surface area contributed by atoms with Crippen molar-refractivity contribution in [2.45, 2.75) is 6.92 Å². The largest absolute Gasteiger partial charge is 0.482 e. The number of amides is 1. The van der Waals surface area contributed by atoms with Crippen LogP contribution in [0.5, 0.6) is 5.75 Å². The maximum absolute atomic E-state index is 11.7. The van der Waals surface area contributed by atoms with Crippen molar-refractivity contribution in [2.75, 3.05) is 11.9 Å². The average Bonchev–Trinajstić information content (AvgIpc) is 2.77. The number of ether oxygens (including phenoxy) is 1. The monoisotopic (exact) mass is 350 g/mol. The summed E-state index contributed by atoms with van der Waals surface area (Å²) < 4.78 is 5.30. The van der Waals surface area contributed by atoms with E-state index in [1.54, 1.807) is 0 Å². The van der Waals surface area contributed by atoms with Gasteiger partial charge in [0.2, 0.25) is 0 Å². The number of halogens is 3. The lowest BCUT2D eigenvalue weighted by Gasteiger charge is -2.08. The fraction of sp³-hybridized carbons (Fsp3) is 0.167. The zero-order valence-corrected chi connectivity index (χ0v) is 13.3. The van der Waals surface area contributed by atoms with Crippen LogP contribution in [0.15, 0.2) is 17.5 Å². The normalized spacial score (nSPS) is 10.4. The summed E-state index contributed by atoms with van der Waals surface area (Å²) in [5.74, 6) is -0.0342. The van der Waals surface area contributed by atoms with Crippen LogP contribution < -0.4 is 10.1 Å². The Morgan fingerprint density at radius 1 is 1.30 bits per heavy atom. The predicted molar refractivity (Wildman–Crippen MR) is 82.4 cm³/mol. The van der Waals surface area contributed by atoms with Gasteiger partial charge in [-0.15, -0.1) is 11.3 Å². The van der Waals surface area contributed by atoms with Gasteiger partial charge in [-0.1, -0.05) is 34.8 Å². The lowest BCUT2D eigenvalue weighted by Crippen LogP contribution is -2.20. The van der Waals surface area contributed by atoms with Gasteiger partial charge in [-0.2, -0.15) is 0 Å². The Labute approximate surface area is 134 Å². The molecule has 0 spiro atoms. The fourth-order valence-corrected chi connectivity index (χ4v) is 2.62. The second-order valence-electron chi connectivity index (χ2n) is 3.83. The van der Waals surface area contributed by atoms with Gasteiger partial charge in [0.1, 0.15) is 5.75 Å². The molecule has 0 fully saturated rings. The minimum Gasteiger partial charge on any atom is -0.482 e. The highest BCUT2D eigenvalue weighted by Gasteiger charge is 2.10. The molecule has 1 aromatic heterocycles.